The molecule has 28 nitrogen and oxygen atoms in total. The smallest absolute Gasteiger partial charge is 0.326 e. The van der Waals surface area contributed by atoms with Crippen molar-refractivity contribution < 1.29 is 62.6 Å². The first-order valence-electron chi connectivity index (χ1n) is 24.3. The van der Waals surface area contributed by atoms with Crippen LogP contribution in [0.1, 0.15) is 72.6 Å². The van der Waals surface area contributed by atoms with Crippen molar-refractivity contribution in [2.24, 2.45) is 29.0 Å². The molecule has 32 heteroatoms. The number of hydrogen-bond acceptors (Lipinski definition) is 18. The van der Waals surface area contributed by atoms with Crippen molar-refractivity contribution in [1.82, 2.24) is 58.1 Å². The van der Waals surface area contributed by atoms with Crippen LogP contribution in [-0.4, -0.2) is 197 Å². The Bertz CT molecular complexity index is 2060. The molecule has 76 heavy (non-hydrogen) atoms. The van der Waals surface area contributed by atoms with Gasteiger partial charge < -0.3 is 80.4 Å². The molecule has 0 aromatic heterocycles. The van der Waals surface area contributed by atoms with E-state index in [1.165, 1.54) is 16.7 Å². The molecule has 0 aromatic rings. The molecule has 1 aliphatic rings. The lowest BCUT2D eigenvalue weighted by atomic mass is 10.0. The normalized spacial score (nSPS) is 16.2. The second-order valence-electron chi connectivity index (χ2n) is 18.4. The number of aliphatic carboxylic acids is 1. The van der Waals surface area contributed by atoms with E-state index in [0.29, 0.717) is 12.2 Å². The summed E-state index contributed by atoms with van der Waals surface area (Å²) in [5.74, 6) is -11.3. The summed E-state index contributed by atoms with van der Waals surface area (Å²) in [4.78, 5) is 157. The van der Waals surface area contributed by atoms with Crippen LogP contribution in [0.2, 0.25) is 0 Å². The van der Waals surface area contributed by atoms with Crippen LogP contribution in [0.15, 0.2) is 0 Å². The summed E-state index contributed by atoms with van der Waals surface area (Å²) >= 11 is 13.6. The third kappa shape index (κ3) is 25.0. The molecule has 0 aliphatic carbocycles. The topological polar surface area (TPSA) is 451 Å². The maximum Gasteiger partial charge on any atom is 0.326 e. The molecular weight excluding hydrogens is 1070 g/mol. The minimum absolute atomic E-state index is 0.0457. The van der Waals surface area contributed by atoms with E-state index in [-0.39, 0.29) is 80.2 Å². The highest BCUT2D eigenvalue weighted by Crippen LogP contribution is 2.21. The summed E-state index contributed by atoms with van der Waals surface area (Å²) in [5, 5.41) is 41.5. The molecule has 430 valence electrons. The Morgan fingerprint density at radius 1 is 0.658 bits per heavy atom. The van der Waals surface area contributed by atoms with Gasteiger partial charge in [-0.15, -0.1) is 0 Å². The predicted octanol–water partition coefficient (Wildman–Crippen LogP) is -5.60. The zero-order chi connectivity index (χ0) is 57.8. The van der Waals surface area contributed by atoms with Gasteiger partial charge in [0.25, 0.3) is 0 Å². The van der Waals surface area contributed by atoms with Gasteiger partial charge in [0.15, 0.2) is 5.96 Å². The quantitative estimate of drug-likeness (QED) is 0.0122. The fraction of sp³-hybridized carbons (Fsp3) is 0.705. The molecule has 1 fully saturated rings. The average molecular weight is 1150 g/mol. The molecule has 1 saturated heterocycles. The SMILES string of the molecule is CSCC[C@H](NC(=O)[C@H](CC(C)C)NC(=O)[C@@H]1CCCN1C(=O)[C@@H](NC(=O)[C@@H](N)CS)C(C)C)C(=O)N[C@@H](CCCNC(=N)N)C(=O)N[C@@H](CS)C(=O)NCC(=O)NCC(=O)N[C@@H](CS)C(=O)N[C@@H](CC(N)=O)C(=O)O. The van der Waals surface area contributed by atoms with E-state index < -0.39 is 145 Å². The van der Waals surface area contributed by atoms with Crippen molar-refractivity contribution in [1.29, 1.82) is 5.41 Å². The fourth-order valence-corrected chi connectivity index (χ4v) is 8.42. The molecule has 0 spiro atoms. The molecule has 0 saturated carbocycles. The molecule has 0 unspecified atom stereocenters. The van der Waals surface area contributed by atoms with Gasteiger partial charge in [-0.05, 0) is 62.4 Å². The number of carbonyl (C=O) groups excluding carboxylic acids is 11. The highest BCUT2D eigenvalue weighted by Gasteiger charge is 2.41. The van der Waals surface area contributed by atoms with Gasteiger partial charge in [-0.3, -0.25) is 58.1 Å². The number of nitrogens with two attached hydrogens (primary N) is 3. The van der Waals surface area contributed by atoms with Gasteiger partial charge >= 0.3 is 5.97 Å². The molecule has 9 atom stereocenters. The van der Waals surface area contributed by atoms with Crippen LogP contribution in [-0.2, 0) is 57.5 Å². The standard InChI is InChI=1S/C44H77N15O13S4/c1-21(2)14-26(55-41(69)30-9-7-12-59(30)42(70)34(22(3)4)58-35(63)23(45)18-73)39(67)54-25(10-13-76-5)38(66)53-24(8-6-11-49-44(47)48)37(65)57-28(19-74)36(64)51-16-32(61)50-17-33(62)52-29(20-75)40(68)56-27(43(71)72)15-31(46)60/h21-30,34,73-75H,6-20,45H2,1-5H3,(H2,46,60)(H,50,61)(H,51,64)(H,52,62)(H,53,66)(H,54,67)(H,55,69)(H,56,68)(H,57,65)(H,58,63)(H,71,72)(H4,47,48,49)/t23-,24-,25-,26-,27-,28-,29-,30-,34-/m0/s1. The summed E-state index contributed by atoms with van der Waals surface area (Å²) in [6, 6.07) is -11.1. The number of nitrogens with zero attached hydrogens (tertiary/aromatic N) is 1. The van der Waals surface area contributed by atoms with Gasteiger partial charge in [-0.2, -0.15) is 49.6 Å². The number of carboxylic acid groups (broad SMARTS) is 1. The van der Waals surface area contributed by atoms with Gasteiger partial charge in [0.2, 0.25) is 65.0 Å². The fourth-order valence-electron chi connectivity index (χ4n) is 7.27. The number of amides is 11. The van der Waals surface area contributed by atoms with Gasteiger partial charge in [-0.1, -0.05) is 27.7 Å². The number of guanidine groups is 1. The number of carbonyl (C=O) groups is 12. The number of thioether (sulfide) groups is 1. The lowest BCUT2D eigenvalue weighted by Crippen LogP contribution is -2.60. The van der Waals surface area contributed by atoms with Crippen molar-refractivity contribution >= 4 is 127 Å². The van der Waals surface area contributed by atoms with E-state index in [0.717, 1.165) is 0 Å². The van der Waals surface area contributed by atoms with Crippen molar-refractivity contribution in [3.05, 3.63) is 0 Å². The van der Waals surface area contributed by atoms with Gasteiger partial charge in [0.05, 0.1) is 25.6 Å². The zero-order valence-electron chi connectivity index (χ0n) is 43.2. The molecule has 0 radical (unpaired) electrons. The summed E-state index contributed by atoms with van der Waals surface area (Å²) in [7, 11) is 0. The van der Waals surface area contributed by atoms with Crippen LogP contribution in [0.3, 0.4) is 0 Å². The molecular formula is C44H77N15O13S4. The predicted molar refractivity (Wildman–Crippen MR) is 292 cm³/mol. The minimum atomic E-state index is -1.67. The van der Waals surface area contributed by atoms with Crippen molar-refractivity contribution in [2.45, 2.75) is 127 Å². The molecule has 18 N–H and O–H groups in total. The number of likely N-dealkylation sites (tertiary alicyclic amines) is 1. The monoisotopic (exact) mass is 1150 g/mol. The first-order valence-corrected chi connectivity index (χ1v) is 27.6. The lowest BCUT2D eigenvalue weighted by Gasteiger charge is -2.32. The highest BCUT2D eigenvalue weighted by atomic mass is 32.2. The maximum atomic E-state index is 14.1. The summed E-state index contributed by atoms with van der Waals surface area (Å²) in [6.45, 7) is 6.05. The molecule has 0 aromatic carbocycles. The van der Waals surface area contributed by atoms with Crippen LogP contribution < -0.4 is 70.4 Å². The second-order valence-corrected chi connectivity index (χ2v) is 20.5. The Morgan fingerprint density at radius 2 is 1.20 bits per heavy atom. The van der Waals surface area contributed by atoms with E-state index in [9.17, 15) is 62.6 Å². The number of carboxylic acids is 1. The third-order valence-corrected chi connectivity index (χ3v) is 13.1. The second kappa shape index (κ2) is 35.6. The average Bonchev–Trinajstić information content (AvgIpc) is 3.86. The Morgan fingerprint density at radius 3 is 1.72 bits per heavy atom. The highest BCUT2D eigenvalue weighted by molar-refractivity contribution is 7.98. The van der Waals surface area contributed by atoms with Crippen molar-refractivity contribution in [3.8, 4) is 0 Å². The number of thiol groups is 3. The minimum Gasteiger partial charge on any atom is -0.480 e. The number of hydrogen-bond donors (Lipinski definition) is 18. The van der Waals surface area contributed by atoms with E-state index in [1.54, 1.807) is 20.1 Å². The van der Waals surface area contributed by atoms with Crippen molar-refractivity contribution in [3.63, 3.8) is 0 Å². The lowest BCUT2D eigenvalue weighted by molar-refractivity contribution is -0.143. The van der Waals surface area contributed by atoms with Crippen LogP contribution in [0.25, 0.3) is 0 Å². The van der Waals surface area contributed by atoms with E-state index in [4.69, 9.17) is 22.6 Å². The molecule has 1 rings (SSSR count). The number of primary amides is 1. The largest absolute Gasteiger partial charge is 0.480 e. The zero-order valence-corrected chi connectivity index (χ0v) is 46.7. The Kier molecular flexibility index (Phi) is 32.0. The van der Waals surface area contributed by atoms with Crippen LogP contribution in [0.5, 0.6) is 0 Å². The number of rotatable bonds is 35. The van der Waals surface area contributed by atoms with Gasteiger partial charge in [0, 0.05) is 30.3 Å². The van der Waals surface area contributed by atoms with E-state index in [1.807, 2.05) is 13.8 Å². The Balaban J connectivity index is 3.17. The maximum absolute atomic E-state index is 14.1. The van der Waals surface area contributed by atoms with Crippen molar-refractivity contribution in [2.75, 3.05) is 55.4 Å². The summed E-state index contributed by atoms with van der Waals surface area (Å²) in [5.41, 5.74) is 16.3. The molecule has 11 amide bonds. The third-order valence-electron chi connectivity index (χ3n) is 11.3. The Hall–Kier alpha value is -5.73. The molecule has 1 aliphatic heterocycles. The summed E-state index contributed by atoms with van der Waals surface area (Å²) in [6.07, 6.45) is 2.13. The number of nitrogens with one attached hydrogen (secondary N) is 11. The van der Waals surface area contributed by atoms with Gasteiger partial charge in [-0.25, -0.2) is 4.79 Å². The molecule has 1 heterocycles. The Labute approximate surface area is 462 Å². The van der Waals surface area contributed by atoms with Crippen LogP contribution in [0, 0.1) is 17.2 Å². The van der Waals surface area contributed by atoms with E-state index >= 15 is 0 Å². The molecule has 0 bridgehead atoms. The van der Waals surface area contributed by atoms with Crippen LogP contribution in [0.4, 0.5) is 0 Å². The van der Waals surface area contributed by atoms with Crippen LogP contribution >= 0.6 is 49.6 Å². The van der Waals surface area contributed by atoms with E-state index in [2.05, 4.69) is 91.1 Å². The summed E-state index contributed by atoms with van der Waals surface area (Å²) < 4.78 is 0. The van der Waals surface area contributed by atoms with Gasteiger partial charge in [0.1, 0.15) is 48.3 Å². The first-order chi connectivity index (χ1) is 35.7. The first kappa shape index (κ1) is 68.3.